The second-order valence-corrected chi connectivity index (χ2v) is 9.51. The molecule has 206 valence electrons. The van der Waals surface area contributed by atoms with Crippen molar-refractivity contribution in [3.63, 3.8) is 0 Å². The summed E-state index contributed by atoms with van der Waals surface area (Å²) in [6.45, 7) is 5.26. The van der Waals surface area contributed by atoms with E-state index in [0.29, 0.717) is 37.5 Å². The van der Waals surface area contributed by atoms with Gasteiger partial charge in [0.25, 0.3) is 0 Å². The molecule has 11 heteroatoms. The van der Waals surface area contributed by atoms with Crippen molar-refractivity contribution in [3.8, 4) is 11.3 Å². The van der Waals surface area contributed by atoms with Crippen molar-refractivity contribution < 1.29 is 30.9 Å². The highest BCUT2D eigenvalue weighted by molar-refractivity contribution is 5.64. The van der Waals surface area contributed by atoms with Crippen LogP contribution in [0.25, 0.3) is 11.3 Å². The van der Waals surface area contributed by atoms with Gasteiger partial charge in [-0.1, -0.05) is 29.4 Å². The summed E-state index contributed by atoms with van der Waals surface area (Å²) in [4.78, 5) is 6.42. The molecular formula is C27H30F6N4O. The Balaban J connectivity index is 1.18. The fraction of sp³-hybridized carbons (Fsp3) is 0.444. The van der Waals surface area contributed by atoms with Crippen molar-refractivity contribution in [2.45, 2.75) is 25.2 Å². The Bertz CT molecular complexity index is 1180. The Hall–Kier alpha value is -3.05. The predicted octanol–water partition coefficient (Wildman–Crippen LogP) is 6.07. The Morgan fingerprint density at radius 2 is 1.61 bits per heavy atom. The number of rotatable bonds is 9. The van der Waals surface area contributed by atoms with Crippen LogP contribution in [0.1, 0.15) is 23.3 Å². The lowest BCUT2D eigenvalue weighted by Crippen LogP contribution is -2.47. The van der Waals surface area contributed by atoms with Gasteiger partial charge in [-0.2, -0.15) is 26.3 Å². The lowest BCUT2D eigenvalue weighted by atomic mass is 10.0. The maximum atomic E-state index is 13.3. The van der Waals surface area contributed by atoms with E-state index in [1.54, 1.807) is 12.1 Å². The van der Waals surface area contributed by atoms with Gasteiger partial charge in [0, 0.05) is 56.5 Å². The van der Waals surface area contributed by atoms with E-state index >= 15 is 0 Å². The molecule has 0 N–H and O–H groups in total. The van der Waals surface area contributed by atoms with E-state index in [9.17, 15) is 26.3 Å². The average molecular weight is 541 g/mol. The van der Waals surface area contributed by atoms with E-state index in [-0.39, 0.29) is 11.3 Å². The number of halogens is 6. The van der Waals surface area contributed by atoms with Gasteiger partial charge in [-0.15, -0.1) is 0 Å². The van der Waals surface area contributed by atoms with Crippen LogP contribution in [0.2, 0.25) is 0 Å². The molecule has 1 aliphatic rings. The highest BCUT2D eigenvalue weighted by Crippen LogP contribution is 2.36. The summed E-state index contributed by atoms with van der Waals surface area (Å²) in [5, 5.41) is 3.85. The van der Waals surface area contributed by atoms with Crippen LogP contribution < -0.4 is 4.90 Å². The zero-order chi connectivity index (χ0) is 27.3. The lowest BCUT2D eigenvalue weighted by molar-refractivity contribution is -0.138. The van der Waals surface area contributed by atoms with E-state index in [1.807, 2.05) is 11.9 Å². The molecule has 38 heavy (non-hydrogen) atoms. The quantitative estimate of drug-likeness (QED) is 0.308. The molecule has 0 aliphatic carbocycles. The molecule has 3 aromatic rings. The molecule has 1 aliphatic heterocycles. The lowest BCUT2D eigenvalue weighted by Gasteiger charge is -2.36. The molecule has 1 aromatic heterocycles. The van der Waals surface area contributed by atoms with Gasteiger partial charge in [-0.3, -0.25) is 4.90 Å². The summed E-state index contributed by atoms with van der Waals surface area (Å²) < 4.78 is 84.2. The van der Waals surface area contributed by atoms with Gasteiger partial charge >= 0.3 is 12.4 Å². The molecule has 0 amide bonds. The minimum Gasteiger partial charge on any atom is -0.369 e. The number of hydrogen-bond acceptors (Lipinski definition) is 5. The highest BCUT2D eigenvalue weighted by atomic mass is 19.4. The number of alkyl halides is 6. The Morgan fingerprint density at radius 1 is 0.868 bits per heavy atom. The molecule has 0 spiro atoms. The zero-order valence-electron chi connectivity index (χ0n) is 21.0. The summed E-state index contributed by atoms with van der Waals surface area (Å²) in [6, 6.07) is 12.3. The van der Waals surface area contributed by atoms with Crippen LogP contribution in [0.4, 0.5) is 32.0 Å². The molecule has 4 rings (SSSR count). The average Bonchev–Trinajstić information content (AvgIpc) is 3.36. The third-order valence-electron chi connectivity index (χ3n) is 6.73. The third-order valence-corrected chi connectivity index (χ3v) is 6.73. The largest absolute Gasteiger partial charge is 0.417 e. The molecule has 5 nitrogen and oxygen atoms in total. The van der Waals surface area contributed by atoms with Crippen molar-refractivity contribution in [1.82, 2.24) is 15.0 Å². The SMILES string of the molecule is CN(CCCN1CCN(c2cccc(C(F)(F)F)c2)CC1)CCc1cc(-c2ccccc2C(F)(F)F)no1. The van der Waals surface area contributed by atoms with E-state index in [2.05, 4.69) is 15.0 Å². The first-order valence-corrected chi connectivity index (χ1v) is 12.5. The Labute approximate surface area is 217 Å². The van der Waals surface area contributed by atoms with Crippen LogP contribution in [0, 0.1) is 0 Å². The number of benzene rings is 2. The fourth-order valence-electron chi connectivity index (χ4n) is 4.60. The first-order chi connectivity index (χ1) is 18.0. The summed E-state index contributed by atoms with van der Waals surface area (Å²) in [5.41, 5.74) is -0.617. The van der Waals surface area contributed by atoms with E-state index < -0.39 is 23.5 Å². The number of aromatic nitrogens is 1. The number of hydrogen-bond donors (Lipinski definition) is 0. The van der Waals surface area contributed by atoms with Crippen molar-refractivity contribution in [3.05, 3.63) is 71.5 Å². The third kappa shape index (κ3) is 7.28. The molecule has 2 aromatic carbocycles. The van der Waals surface area contributed by atoms with Gasteiger partial charge in [-0.05, 0) is 50.8 Å². The van der Waals surface area contributed by atoms with Crippen molar-refractivity contribution in [2.75, 3.05) is 57.8 Å². The summed E-state index contributed by atoms with van der Waals surface area (Å²) in [6.07, 6.45) is -7.38. The molecule has 0 unspecified atom stereocenters. The smallest absolute Gasteiger partial charge is 0.369 e. The van der Waals surface area contributed by atoms with Crippen LogP contribution in [0.5, 0.6) is 0 Å². The van der Waals surface area contributed by atoms with Crippen LogP contribution in [0.15, 0.2) is 59.1 Å². The van der Waals surface area contributed by atoms with Crippen molar-refractivity contribution >= 4 is 5.69 Å². The van der Waals surface area contributed by atoms with Crippen LogP contribution in [0.3, 0.4) is 0 Å². The standard InChI is InChI=1S/C27H30F6N4O/c1-35(13-10-22-19-25(34-38-22)23-8-2-3-9-24(23)27(31,32)33)11-5-12-36-14-16-37(17-15-36)21-7-4-6-20(18-21)26(28,29)30/h2-4,6-9,18-19H,5,10-17H2,1H3. The van der Waals surface area contributed by atoms with Crippen molar-refractivity contribution in [2.24, 2.45) is 0 Å². The van der Waals surface area contributed by atoms with Crippen LogP contribution in [-0.4, -0.2) is 67.8 Å². The van der Waals surface area contributed by atoms with Gasteiger partial charge < -0.3 is 14.3 Å². The summed E-state index contributed by atoms with van der Waals surface area (Å²) in [5.74, 6) is 0.523. The first-order valence-electron chi connectivity index (χ1n) is 12.5. The second kappa shape index (κ2) is 11.8. The molecule has 1 saturated heterocycles. The van der Waals surface area contributed by atoms with Crippen LogP contribution >= 0.6 is 0 Å². The normalized spacial score (nSPS) is 15.4. The van der Waals surface area contributed by atoms with Gasteiger partial charge in [0.1, 0.15) is 11.5 Å². The molecule has 0 atom stereocenters. The van der Waals surface area contributed by atoms with Gasteiger partial charge in [0.2, 0.25) is 0 Å². The molecule has 1 fully saturated rings. The summed E-state index contributed by atoms with van der Waals surface area (Å²) in [7, 11) is 1.97. The Kier molecular flexibility index (Phi) is 8.67. The maximum Gasteiger partial charge on any atom is 0.417 e. The minimum atomic E-state index is -4.47. The second-order valence-electron chi connectivity index (χ2n) is 9.51. The maximum absolute atomic E-state index is 13.3. The number of nitrogens with zero attached hydrogens (tertiary/aromatic N) is 4. The molecule has 0 radical (unpaired) electrons. The number of piperazine rings is 1. The first kappa shape index (κ1) is 28.0. The van der Waals surface area contributed by atoms with Gasteiger partial charge in [0.05, 0.1) is 11.1 Å². The Morgan fingerprint density at radius 3 is 2.32 bits per heavy atom. The minimum absolute atomic E-state index is 0.00323. The monoisotopic (exact) mass is 540 g/mol. The number of anilines is 1. The zero-order valence-corrected chi connectivity index (χ0v) is 21.0. The van der Waals surface area contributed by atoms with E-state index in [1.165, 1.54) is 30.3 Å². The molecule has 0 bridgehead atoms. The predicted molar refractivity (Wildman–Crippen MR) is 133 cm³/mol. The topological polar surface area (TPSA) is 35.8 Å². The molecular weight excluding hydrogens is 510 g/mol. The molecule has 0 saturated carbocycles. The fourth-order valence-corrected chi connectivity index (χ4v) is 4.60. The molecule has 2 heterocycles. The van der Waals surface area contributed by atoms with E-state index in [4.69, 9.17) is 4.52 Å². The summed E-state index contributed by atoms with van der Waals surface area (Å²) >= 11 is 0. The van der Waals surface area contributed by atoms with E-state index in [0.717, 1.165) is 44.7 Å². The van der Waals surface area contributed by atoms with Gasteiger partial charge in [-0.25, -0.2) is 0 Å². The highest BCUT2D eigenvalue weighted by Gasteiger charge is 2.34. The van der Waals surface area contributed by atoms with Crippen molar-refractivity contribution in [1.29, 1.82) is 0 Å². The van der Waals surface area contributed by atoms with Gasteiger partial charge in [0.15, 0.2) is 0 Å². The number of likely N-dealkylation sites (N-methyl/N-ethyl adjacent to an activating group) is 1. The van der Waals surface area contributed by atoms with Crippen LogP contribution in [-0.2, 0) is 18.8 Å².